The minimum absolute atomic E-state index is 0.0124. The van der Waals surface area contributed by atoms with Crippen molar-refractivity contribution in [2.45, 2.75) is 58.7 Å². The Kier molecular flexibility index (Phi) is 7.66. The summed E-state index contributed by atoms with van der Waals surface area (Å²) in [4.78, 5) is 11.3. The fourth-order valence-electron chi connectivity index (χ4n) is 4.20. The van der Waals surface area contributed by atoms with Gasteiger partial charge < -0.3 is 14.9 Å². The number of methoxy groups -OCH3 is 1. The molecule has 176 valence electrons. The van der Waals surface area contributed by atoms with Crippen LogP contribution in [0.3, 0.4) is 0 Å². The number of halogens is 1. The first-order valence-corrected chi connectivity index (χ1v) is 11.0. The van der Waals surface area contributed by atoms with Gasteiger partial charge >= 0.3 is 5.97 Å². The maximum Gasteiger partial charge on any atom is 0.308 e. The lowest BCUT2D eigenvalue weighted by Gasteiger charge is -2.17. The van der Waals surface area contributed by atoms with Gasteiger partial charge in [-0.1, -0.05) is 19.9 Å². The largest absolute Gasteiger partial charge is 0.469 e. The monoisotopic (exact) mass is 454 g/mol. The third-order valence-electron chi connectivity index (χ3n) is 5.74. The van der Waals surface area contributed by atoms with E-state index < -0.39 is 18.2 Å². The van der Waals surface area contributed by atoms with E-state index in [1.165, 1.54) is 19.2 Å². The van der Waals surface area contributed by atoms with Gasteiger partial charge in [0.1, 0.15) is 5.82 Å². The molecule has 0 amide bonds. The molecular weight excluding hydrogens is 423 g/mol. The Balaban J connectivity index is 2.02. The van der Waals surface area contributed by atoms with Gasteiger partial charge in [0.05, 0.1) is 42.6 Å². The first-order chi connectivity index (χ1) is 15.6. The lowest BCUT2D eigenvalue weighted by atomic mass is 9.94. The minimum Gasteiger partial charge on any atom is -0.469 e. The summed E-state index contributed by atoms with van der Waals surface area (Å²) < 4.78 is 19.9. The number of nitrogens with zero attached hydrogens (tertiary/aromatic N) is 2. The van der Waals surface area contributed by atoms with Crippen molar-refractivity contribution in [2.24, 2.45) is 0 Å². The fourth-order valence-corrected chi connectivity index (χ4v) is 4.20. The summed E-state index contributed by atoms with van der Waals surface area (Å²) >= 11 is 0. The van der Waals surface area contributed by atoms with Gasteiger partial charge in [-0.3, -0.25) is 4.79 Å². The van der Waals surface area contributed by atoms with Gasteiger partial charge in [0.2, 0.25) is 0 Å². The van der Waals surface area contributed by atoms with Crippen LogP contribution in [0, 0.1) is 19.7 Å². The standard InChI is InChI=1S/C26H31FN2O4/c1-15(2)24-17(4)25(18-6-8-19(27)9-7-18)28-29-20(12-16(3)26(24)29)10-11-21(30)13-22(31)14-23(32)33-5/h6-12,15,21-22,30-31H,13-14H2,1-5H3/b11-10+. The molecule has 0 saturated heterocycles. The van der Waals surface area contributed by atoms with Gasteiger partial charge in [-0.05, 0) is 72.9 Å². The number of aliphatic hydroxyl groups is 2. The summed E-state index contributed by atoms with van der Waals surface area (Å²) in [6.45, 7) is 8.32. The second kappa shape index (κ2) is 10.3. The average Bonchev–Trinajstić information content (AvgIpc) is 3.07. The molecule has 0 saturated carbocycles. The van der Waals surface area contributed by atoms with Gasteiger partial charge in [-0.15, -0.1) is 0 Å². The summed E-state index contributed by atoms with van der Waals surface area (Å²) in [7, 11) is 1.26. The van der Waals surface area contributed by atoms with Crippen LogP contribution in [0.4, 0.5) is 4.39 Å². The smallest absolute Gasteiger partial charge is 0.308 e. The van der Waals surface area contributed by atoms with Crippen LogP contribution in [0.2, 0.25) is 0 Å². The average molecular weight is 455 g/mol. The van der Waals surface area contributed by atoms with Crippen LogP contribution < -0.4 is 0 Å². The number of aromatic nitrogens is 2. The SMILES string of the molecule is COC(=O)CC(O)CC(O)/C=C/c1cc(C)c2c(C(C)C)c(C)c(-c3ccc(F)cc3)nn12. The van der Waals surface area contributed by atoms with Crippen molar-refractivity contribution in [2.75, 3.05) is 7.11 Å². The van der Waals surface area contributed by atoms with Gasteiger partial charge in [-0.2, -0.15) is 5.10 Å². The van der Waals surface area contributed by atoms with E-state index in [4.69, 9.17) is 5.10 Å². The summed E-state index contributed by atoms with van der Waals surface area (Å²) in [6.07, 6.45) is 1.24. The molecule has 0 spiro atoms. The van der Waals surface area contributed by atoms with E-state index in [9.17, 15) is 19.4 Å². The van der Waals surface area contributed by atoms with Crippen molar-refractivity contribution in [1.82, 2.24) is 9.61 Å². The number of esters is 1. The van der Waals surface area contributed by atoms with Crippen LogP contribution >= 0.6 is 0 Å². The van der Waals surface area contributed by atoms with E-state index >= 15 is 0 Å². The Morgan fingerprint density at radius 1 is 1.21 bits per heavy atom. The number of hydrogen-bond acceptors (Lipinski definition) is 5. The lowest BCUT2D eigenvalue weighted by molar-refractivity contribution is -0.143. The lowest BCUT2D eigenvalue weighted by Crippen LogP contribution is -2.20. The minimum atomic E-state index is -0.999. The number of carbonyl (C=O) groups is 1. The topological polar surface area (TPSA) is 84.1 Å². The van der Waals surface area contributed by atoms with Gasteiger partial charge in [0.15, 0.2) is 0 Å². The van der Waals surface area contributed by atoms with Crippen LogP contribution in [0.15, 0.2) is 36.4 Å². The predicted octanol–water partition coefficient (Wildman–Crippen LogP) is 4.57. The Morgan fingerprint density at radius 3 is 2.48 bits per heavy atom. The molecule has 2 atom stereocenters. The van der Waals surface area contributed by atoms with Gasteiger partial charge in [0, 0.05) is 12.0 Å². The molecule has 0 fully saturated rings. The van der Waals surface area contributed by atoms with E-state index in [-0.39, 0.29) is 24.6 Å². The van der Waals surface area contributed by atoms with Crippen molar-refractivity contribution in [3.05, 3.63) is 64.6 Å². The maximum atomic E-state index is 13.5. The molecule has 0 aliphatic heterocycles. The second-order valence-corrected chi connectivity index (χ2v) is 8.66. The number of fused-ring (bicyclic) bond motifs is 1. The van der Waals surface area contributed by atoms with Crippen molar-refractivity contribution >= 4 is 17.6 Å². The molecule has 33 heavy (non-hydrogen) atoms. The molecule has 2 unspecified atom stereocenters. The zero-order valence-electron chi connectivity index (χ0n) is 19.7. The molecule has 7 heteroatoms. The van der Waals surface area contributed by atoms with Crippen molar-refractivity contribution < 1.29 is 24.1 Å². The molecule has 1 aromatic carbocycles. The number of ether oxygens (including phenoxy) is 1. The number of aryl methyl sites for hydroxylation is 1. The molecule has 2 N–H and O–H groups in total. The molecule has 6 nitrogen and oxygen atoms in total. The quantitative estimate of drug-likeness (QED) is 0.487. The highest BCUT2D eigenvalue weighted by Gasteiger charge is 2.20. The predicted molar refractivity (Wildman–Crippen MR) is 126 cm³/mol. The molecule has 0 radical (unpaired) electrons. The highest BCUT2D eigenvalue weighted by Crippen LogP contribution is 2.34. The van der Waals surface area contributed by atoms with E-state index in [1.807, 2.05) is 24.4 Å². The maximum absolute atomic E-state index is 13.5. The second-order valence-electron chi connectivity index (χ2n) is 8.66. The molecule has 2 heterocycles. The summed E-state index contributed by atoms with van der Waals surface area (Å²) in [6, 6.07) is 8.29. The highest BCUT2D eigenvalue weighted by molar-refractivity contribution is 5.75. The molecule has 2 aromatic heterocycles. The zero-order valence-corrected chi connectivity index (χ0v) is 19.7. The first-order valence-electron chi connectivity index (χ1n) is 11.0. The Hall–Kier alpha value is -3.03. The molecule has 3 aromatic rings. The summed E-state index contributed by atoms with van der Waals surface area (Å²) in [5, 5.41) is 25.2. The van der Waals surface area contributed by atoms with E-state index in [0.717, 1.165) is 39.2 Å². The molecule has 0 aliphatic rings. The normalized spacial score (nSPS) is 13.7. The van der Waals surface area contributed by atoms with E-state index in [1.54, 1.807) is 24.3 Å². The first kappa shape index (κ1) is 24.6. The molecule has 0 bridgehead atoms. The summed E-state index contributed by atoms with van der Waals surface area (Å²) in [5.41, 5.74) is 6.64. The fraction of sp³-hybridized carbons (Fsp3) is 0.385. The molecule has 0 aliphatic carbocycles. The highest BCUT2D eigenvalue weighted by atomic mass is 19.1. The van der Waals surface area contributed by atoms with Gasteiger partial charge in [0.25, 0.3) is 0 Å². The number of hydrogen-bond donors (Lipinski definition) is 2. The van der Waals surface area contributed by atoms with Crippen LogP contribution in [-0.2, 0) is 9.53 Å². The van der Waals surface area contributed by atoms with Crippen LogP contribution in [-0.4, -0.2) is 45.1 Å². The van der Waals surface area contributed by atoms with E-state index in [2.05, 4.69) is 18.6 Å². The Labute approximate surface area is 193 Å². The summed E-state index contributed by atoms with van der Waals surface area (Å²) in [5.74, 6) is -0.592. The van der Waals surface area contributed by atoms with Gasteiger partial charge in [-0.25, -0.2) is 8.91 Å². The van der Waals surface area contributed by atoms with Crippen LogP contribution in [0.1, 0.15) is 55.0 Å². The zero-order chi connectivity index (χ0) is 24.3. The number of rotatable bonds is 8. The van der Waals surface area contributed by atoms with Crippen molar-refractivity contribution in [3.8, 4) is 11.3 Å². The molecular formula is C26H31FN2O4. The third-order valence-corrected chi connectivity index (χ3v) is 5.74. The third kappa shape index (κ3) is 5.49. The Bertz CT molecular complexity index is 1170. The molecule has 3 rings (SSSR count). The number of carbonyl (C=O) groups excluding carboxylic acids is 1. The number of benzene rings is 1. The van der Waals surface area contributed by atoms with Crippen LogP contribution in [0.25, 0.3) is 22.9 Å². The van der Waals surface area contributed by atoms with Crippen molar-refractivity contribution in [3.63, 3.8) is 0 Å². The van der Waals surface area contributed by atoms with Crippen LogP contribution in [0.5, 0.6) is 0 Å². The Morgan fingerprint density at radius 2 is 1.88 bits per heavy atom. The van der Waals surface area contributed by atoms with Crippen molar-refractivity contribution in [1.29, 1.82) is 0 Å². The number of aliphatic hydroxyl groups excluding tert-OH is 2. The van der Waals surface area contributed by atoms with E-state index in [0.29, 0.717) is 0 Å².